The molecule has 0 fully saturated rings. The number of unbranched alkanes of at least 4 members (excludes halogenated alkanes) is 1. The first-order chi connectivity index (χ1) is 6.31. The van der Waals surface area contributed by atoms with Crippen molar-refractivity contribution in [3.05, 3.63) is 37.0 Å². The Balaban J connectivity index is 3.34. The monoisotopic (exact) mass is 178 g/mol. The highest BCUT2D eigenvalue weighted by Gasteiger charge is 1.94. The summed E-state index contributed by atoms with van der Waals surface area (Å²) < 4.78 is 0. The van der Waals surface area contributed by atoms with Crippen LogP contribution in [0.2, 0.25) is 0 Å². The summed E-state index contributed by atoms with van der Waals surface area (Å²) in [4.78, 5) is 10.9. The molecule has 0 unspecified atom stereocenters. The van der Waals surface area contributed by atoms with E-state index in [0.29, 0.717) is 18.6 Å². The average molecular weight is 178 g/mol. The van der Waals surface area contributed by atoms with Gasteiger partial charge in [0.15, 0.2) is 0 Å². The highest BCUT2D eigenvalue weighted by Crippen LogP contribution is 1.99. The second kappa shape index (κ2) is 8.98. The number of hydrogen-bond acceptors (Lipinski definition) is 1. The number of carbonyl (C=O) groups is 1. The van der Waals surface area contributed by atoms with Crippen LogP contribution in [0.5, 0.6) is 0 Å². The van der Waals surface area contributed by atoms with Crippen molar-refractivity contribution in [3.8, 4) is 0 Å². The lowest BCUT2D eigenvalue weighted by Gasteiger charge is -1.92. The predicted molar refractivity (Wildman–Crippen MR) is 57.6 cm³/mol. The van der Waals surface area contributed by atoms with E-state index in [9.17, 15) is 4.79 Å². The first kappa shape index (κ1) is 11.9. The van der Waals surface area contributed by atoms with Crippen LogP contribution in [0.3, 0.4) is 0 Å². The third-order valence-corrected chi connectivity index (χ3v) is 1.72. The van der Waals surface area contributed by atoms with E-state index in [0.717, 1.165) is 12.8 Å². The molecule has 13 heavy (non-hydrogen) atoms. The molecule has 0 atom stereocenters. The van der Waals surface area contributed by atoms with Gasteiger partial charge in [0, 0.05) is 12.8 Å². The third kappa shape index (κ3) is 8.80. The van der Waals surface area contributed by atoms with Gasteiger partial charge in [-0.25, -0.2) is 0 Å². The molecule has 0 rings (SSSR count). The highest BCUT2D eigenvalue weighted by atomic mass is 16.1. The predicted octanol–water partition coefficient (Wildman–Crippen LogP) is 3.43. The number of rotatable bonds is 7. The second-order valence-corrected chi connectivity index (χ2v) is 2.83. The lowest BCUT2D eigenvalue weighted by Crippen LogP contribution is -1.93. The Kier molecular flexibility index (Phi) is 8.21. The molecule has 1 heteroatoms. The SMILES string of the molecule is C=CC=CC=CCCCC(=O)CC. The van der Waals surface area contributed by atoms with Gasteiger partial charge in [-0.2, -0.15) is 0 Å². The van der Waals surface area contributed by atoms with Crippen LogP contribution in [-0.2, 0) is 4.79 Å². The molecule has 0 aliphatic carbocycles. The molecule has 0 heterocycles. The van der Waals surface area contributed by atoms with Gasteiger partial charge in [0.2, 0.25) is 0 Å². The summed E-state index contributed by atoms with van der Waals surface area (Å²) in [6.07, 6.45) is 12.9. The van der Waals surface area contributed by atoms with E-state index in [1.165, 1.54) is 0 Å². The van der Waals surface area contributed by atoms with Crippen molar-refractivity contribution < 1.29 is 4.79 Å². The van der Waals surface area contributed by atoms with Gasteiger partial charge in [-0.3, -0.25) is 4.79 Å². The smallest absolute Gasteiger partial charge is 0.132 e. The minimum Gasteiger partial charge on any atom is -0.300 e. The van der Waals surface area contributed by atoms with Crippen molar-refractivity contribution in [2.24, 2.45) is 0 Å². The van der Waals surface area contributed by atoms with Crippen LogP contribution in [0.25, 0.3) is 0 Å². The molecule has 0 aromatic heterocycles. The maximum atomic E-state index is 10.9. The zero-order valence-corrected chi connectivity index (χ0v) is 8.33. The number of ketones is 1. The molecule has 0 amide bonds. The fourth-order valence-electron chi connectivity index (χ4n) is 0.911. The van der Waals surface area contributed by atoms with Crippen molar-refractivity contribution in [2.75, 3.05) is 0 Å². The van der Waals surface area contributed by atoms with E-state index in [1.807, 2.05) is 25.2 Å². The van der Waals surface area contributed by atoms with Crippen molar-refractivity contribution in [3.63, 3.8) is 0 Å². The molecule has 1 nitrogen and oxygen atoms in total. The summed E-state index contributed by atoms with van der Waals surface area (Å²) in [5.74, 6) is 0.357. The minimum atomic E-state index is 0.357. The zero-order chi connectivity index (χ0) is 9.94. The number of Topliss-reactive ketones (excluding diaryl/α,β-unsaturated/α-hetero) is 1. The Hall–Kier alpha value is -1.11. The van der Waals surface area contributed by atoms with Crippen LogP contribution in [0.1, 0.15) is 32.6 Å². The Morgan fingerprint density at radius 1 is 1.31 bits per heavy atom. The number of allylic oxidation sites excluding steroid dienone is 5. The van der Waals surface area contributed by atoms with Crippen molar-refractivity contribution in [1.29, 1.82) is 0 Å². The third-order valence-electron chi connectivity index (χ3n) is 1.72. The van der Waals surface area contributed by atoms with Crippen LogP contribution in [0.15, 0.2) is 37.0 Å². The van der Waals surface area contributed by atoms with Crippen molar-refractivity contribution in [2.45, 2.75) is 32.6 Å². The molecule has 0 aromatic rings. The number of carbonyl (C=O) groups excluding carboxylic acids is 1. The molecule has 0 saturated heterocycles. The van der Waals surface area contributed by atoms with E-state index >= 15 is 0 Å². The van der Waals surface area contributed by atoms with Crippen LogP contribution in [0.4, 0.5) is 0 Å². The fraction of sp³-hybridized carbons (Fsp3) is 0.417. The Labute approximate surface area is 80.8 Å². The molecule has 0 radical (unpaired) electrons. The van der Waals surface area contributed by atoms with E-state index in [2.05, 4.69) is 12.7 Å². The second-order valence-electron chi connectivity index (χ2n) is 2.83. The summed E-state index contributed by atoms with van der Waals surface area (Å²) in [5.41, 5.74) is 0. The largest absolute Gasteiger partial charge is 0.300 e. The average Bonchev–Trinajstić information content (AvgIpc) is 2.16. The van der Waals surface area contributed by atoms with Crippen molar-refractivity contribution >= 4 is 5.78 Å². The molecule has 0 bridgehead atoms. The zero-order valence-electron chi connectivity index (χ0n) is 8.33. The van der Waals surface area contributed by atoms with Crippen LogP contribution < -0.4 is 0 Å². The van der Waals surface area contributed by atoms with Gasteiger partial charge >= 0.3 is 0 Å². The molecule has 72 valence electrons. The molecule has 0 aromatic carbocycles. The molecular weight excluding hydrogens is 160 g/mol. The molecule has 0 spiro atoms. The fourth-order valence-corrected chi connectivity index (χ4v) is 0.911. The van der Waals surface area contributed by atoms with Gasteiger partial charge in [0.25, 0.3) is 0 Å². The van der Waals surface area contributed by atoms with Gasteiger partial charge in [0.05, 0.1) is 0 Å². The van der Waals surface area contributed by atoms with Gasteiger partial charge < -0.3 is 0 Å². The molecule has 0 N–H and O–H groups in total. The summed E-state index contributed by atoms with van der Waals surface area (Å²) in [7, 11) is 0. The quantitative estimate of drug-likeness (QED) is 0.431. The summed E-state index contributed by atoms with van der Waals surface area (Å²) in [6.45, 7) is 5.47. The van der Waals surface area contributed by atoms with Gasteiger partial charge in [0.1, 0.15) is 5.78 Å². The lowest BCUT2D eigenvalue weighted by atomic mass is 10.1. The van der Waals surface area contributed by atoms with Gasteiger partial charge in [-0.05, 0) is 12.8 Å². The summed E-state index contributed by atoms with van der Waals surface area (Å²) in [5, 5.41) is 0. The van der Waals surface area contributed by atoms with E-state index in [1.54, 1.807) is 6.08 Å². The van der Waals surface area contributed by atoms with Crippen LogP contribution in [0, 0.1) is 0 Å². The van der Waals surface area contributed by atoms with Crippen LogP contribution >= 0.6 is 0 Å². The Bertz CT molecular complexity index is 199. The summed E-state index contributed by atoms with van der Waals surface area (Å²) >= 11 is 0. The summed E-state index contributed by atoms with van der Waals surface area (Å²) in [6, 6.07) is 0. The maximum Gasteiger partial charge on any atom is 0.132 e. The van der Waals surface area contributed by atoms with E-state index < -0.39 is 0 Å². The first-order valence-corrected chi connectivity index (χ1v) is 4.77. The van der Waals surface area contributed by atoms with Crippen molar-refractivity contribution in [1.82, 2.24) is 0 Å². The topological polar surface area (TPSA) is 17.1 Å². The Morgan fingerprint density at radius 2 is 2.08 bits per heavy atom. The molecular formula is C12H18O. The Morgan fingerprint density at radius 3 is 2.69 bits per heavy atom. The maximum absolute atomic E-state index is 10.9. The minimum absolute atomic E-state index is 0.357. The van der Waals surface area contributed by atoms with E-state index in [-0.39, 0.29) is 0 Å². The standard InChI is InChI=1S/C12H18O/c1-3-5-6-7-8-9-10-11-12(13)4-2/h3,5-8H,1,4,9-11H2,2H3. The molecule has 0 aliphatic rings. The highest BCUT2D eigenvalue weighted by molar-refractivity contribution is 5.77. The normalized spacial score (nSPS) is 11.2. The molecule has 0 saturated carbocycles. The lowest BCUT2D eigenvalue weighted by molar-refractivity contribution is -0.118. The van der Waals surface area contributed by atoms with Gasteiger partial charge in [-0.15, -0.1) is 0 Å². The number of hydrogen-bond donors (Lipinski definition) is 0. The van der Waals surface area contributed by atoms with Gasteiger partial charge in [-0.1, -0.05) is 43.9 Å². The molecule has 0 aliphatic heterocycles. The van der Waals surface area contributed by atoms with E-state index in [4.69, 9.17) is 0 Å². The van der Waals surface area contributed by atoms with Crippen LogP contribution in [-0.4, -0.2) is 5.78 Å². The first-order valence-electron chi connectivity index (χ1n) is 4.77.